The smallest absolute Gasteiger partial charge is 0.336 e. The van der Waals surface area contributed by atoms with Crippen molar-refractivity contribution in [2.75, 3.05) is 13.4 Å². The molecule has 2 aliphatic heterocycles. The molecule has 0 amide bonds. The van der Waals surface area contributed by atoms with Gasteiger partial charge in [-0.1, -0.05) is 6.07 Å². The van der Waals surface area contributed by atoms with E-state index in [1.54, 1.807) is 6.92 Å². The Balaban J connectivity index is 1.86. The number of hydrogen-bond acceptors (Lipinski definition) is 6. The molecule has 1 aromatic rings. The molecule has 2 heterocycles. The van der Waals surface area contributed by atoms with E-state index in [0.717, 1.165) is 29.8 Å². The molecule has 1 aliphatic carbocycles. The molecule has 1 N–H and O–H groups in total. The molecule has 6 nitrogen and oxygen atoms in total. The second-order valence-corrected chi connectivity index (χ2v) is 6.60. The zero-order chi connectivity index (χ0) is 18.3. The average molecular weight is 355 g/mol. The third-order valence-electron chi connectivity index (χ3n) is 5.00. The number of carbonyl (C=O) groups is 2. The molecule has 0 radical (unpaired) electrons. The molecule has 0 spiro atoms. The molecule has 0 fully saturated rings. The lowest BCUT2D eigenvalue weighted by Gasteiger charge is -2.34. The Morgan fingerprint density at radius 2 is 2.08 bits per heavy atom. The summed E-state index contributed by atoms with van der Waals surface area (Å²) in [7, 11) is 0. The number of carbonyl (C=O) groups excluding carboxylic acids is 2. The predicted octanol–water partition coefficient (Wildman–Crippen LogP) is 2.95. The highest BCUT2D eigenvalue weighted by Gasteiger charge is 2.39. The number of hydrogen-bond donors (Lipinski definition) is 1. The molecule has 0 aromatic heterocycles. The maximum atomic E-state index is 12.8. The van der Waals surface area contributed by atoms with Crippen LogP contribution in [-0.4, -0.2) is 25.2 Å². The lowest BCUT2D eigenvalue weighted by molar-refractivity contribution is -0.138. The van der Waals surface area contributed by atoms with Crippen LogP contribution in [0.2, 0.25) is 0 Å². The Bertz CT molecular complexity index is 852. The van der Waals surface area contributed by atoms with Gasteiger partial charge in [0.05, 0.1) is 12.2 Å². The topological polar surface area (TPSA) is 73.9 Å². The van der Waals surface area contributed by atoms with Crippen LogP contribution in [0.4, 0.5) is 0 Å². The Morgan fingerprint density at radius 3 is 2.88 bits per heavy atom. The number of ether oxygens (including phenoxy) is 3. The van der Waals surface area contributed by atoms with Crippen LogP contribution in [-0.2, 0) is 14.3 Å². The third kappa shape index (κ3) is 2.66. The highest BCUT2D eigenvalue weighted by Crippen LogP contribution is 2.45. The average Bonchev–Trinajstić information content (AvgIpc) is 3.08. The normalized spacial score (nSPS) is 21.5. The Hall–Kier alpha value is -2.76. The molecular formula is C20H21NO5. The molecule has 0 saturated carbocycles. The fourth-order valence-corrected chi connectivity index (χ4v) is 3.89. The number of ketones is 1. The van der Waals surface area contributed by atoms with Crippen molar-refractivity contribution in [2.45, 2.75) is 39.0 Å². The minimum atomic E-state index is -0.451. The number of dihydropyridines is 1. The number of esters is 1. The molecule has 4 rings (SSSR count). The lowest BCUT2D eigenvalue weighted by atomic mass is 9.75. The van der Waals surface area contributed by atoms with E-state index >= 15 is 0 Å². The largest absolute Gasteiger partial charge is 0.463 e. The number of benzene rings is 1. The van der Waals surface area contributed by atoms with Crippen LogP contribution >= 0.6 is 0 Å². The van der Waals surface area contributed by atoms with Gasteiger partial charge >= 0.3 is 5.97 Å². The first-order valence-corrected chi connectivity index (χ1v) is 8.90. The van der Waals surface area contributed by atoms with Crippen molar-refractivity contribution in [3.63, 3.8) is 0 Å². The number of allylic oxidation sites excluding steroid dienone is 3. The molecule has 1 aromatic carbocycles. The standard InChI is InChI=1S/C20H21NO5/c1-3-24-20(23)17-11(2)21-13-5-4-6-14(22)19(13)18(17)12-7-8-15-16(9-12)26-10-25-15/h7-9,18,21H,3-6,10H2,1-2H3. The summed E-state index contributed by atoms with van der Waals surface area (Å²) in [6, 6.07) is 5.57. The van der Waals surface area contributed by atoms with Crippen molar-refractivity contribution in [1.29, 1.82) is 0 Å². The monoisotopic (exact) mass is 355 g/mol. The van der Waals surface area contributed by atoms with Gasteiger partial charge < -0.3 is 19.5 Å². The summed E-state index contributed by atoms with van der Waals surface area (Å²) >= 11 is 0. The van der Waals surface area contributed by atoms with Gasteiger partial charge in [0.1, 0.15) is 0 Å². The van der Waals surface area contributed by atoms with Gasteiger partial charge in [0.15, 0.2) is 17.3 Å². The van der Waals surface area contributed by atoms with Gasteiger partial charge in [0, 0.05) is 29.3 Å². The second kappa shape index (κ2) is 6.52. The molecule has 1 unspecified atom stereocenters. The minimum Gasteiger partial charge on any atom is -0.463 e. The van der Waals surface area contributed by atoms with Crippen molar-refractivity contribution in [3.05, 3.63) is 46.3 Å². The summed E-state index contributed by atoms with van der Waals surface area (Å²) in [5.74, 6) is 0.533. The van der Waals surface area contributed by atoms with Crippen LogP contribution in [0.15, 0.2) is 40.7 Å². The van der Waals surface area contributed by atoms with E-state index in [-0.39, 0.29) is 19.2 Å². The second-order valence-electron chi connectivity index (χ2n) is 6.60. The first-order chi connectivity index (χ1) is 12.6. The Morgan fingerprint density at radius 1 is 1.27 bits per heavy atom. The van der Waals surface area contributed by atoms with Crippen LogP contribution in [0.3, 0.4) is 0 Å². The van der Waals surface area contributed by atoms with E-state index in [9.17, 15) is 9.59 Å². The zero-order valence-electron chi connectivity index (χ0n) is 14.9. The zero-order valence-corrected chi connectivity index (χ0v) is 14.9. The van der Waals surface area contributed by atoms with Crippen LogP contribution < -0.4 is 14.8 Å². The van der Waals surface area contributed by atoms with Gasteiger partial charge in [-0.15, -0.1) is 0 Å². The Labute approximate surface area is 151 Å². The van der Waals surface area contributed by atoms with Crippen LogP contribution in [0, 0.1) is 0 Å². The fourth-order valence-electron chi connectivity index (χ4n) is 3.89. The highest BCUT2D eigenvalue weighted by atomic mass is 16.7. The van der Waals surface area contributed by atoms with E-state index in [4.69, 9.17) is 14.2 Å². The maximum absolute atomic E-state index is 12.8. The van der Waals surface area contributed by atoms with E-state index in [1.807, 2.05) is 25.1 Å². The van der Waals surface area contributed by atoms with E-state index in [0.29, 0.717) is 29.1 Å². The summed E-state index contributed by atoms with van der Waals surface area (Å²) in [6.45, 7) is 4.09. The third-order valence-corrected chi connectivity index (χ3v) is 5.00. The molecular weight excluding hydrogens is 334 g/mol. The van der Waals surface area contributed by atoms with Crippen molar-refractivity contribution >= 4 is 11.8 Å². The number of Topliss-reactive ketones (excluding diaryl/α,β-unsaturated/α-hetero) is 1. The molecule has 0 saturated heterocycles. The van der Waals surface area contributed by atoms with Crippen LogP contribution in [0.5, 0.6) is 11.5 Å². The van der Waals surface area contributed by atoms with Gasteiger partial charge in [-0.2, -0.15) is 0 Å². The summed E-state index contributed by atoms with van der Waals surface area (Å²) < 4.78 is 16.2. The molecule has 0 bridgehead atoms. The van der Waals surface area contributed by atoms with Gasteiger partial charge in [0.2, 0.25) is 6.79 Å². The quantitative estimate of drug-likeness (QED) is 0.841. The SMILES string of the molecule is CCOC(=O)C1=C(C)NC2=C(C(=O)CCC2)C1c1ccc2c(c1)OCO2. The first-order valence-electron chi connectivity index (χ1n) is 8.90. The number of nitrogens with one attached hydrogen (secondary N) is 1. The van der Waals surface area contributed by atoms with Gasteiger partial charge in [-0.25, -0.2) is 4.79 Å². The van der Waals surface area contributed by atoms with Gasteiger partial charge in [0.25, 0.3) is 0 Å². The molecule has 1 atom stereocenters. The highest BCUT2D eigenvalue weighted by molar-refractivity contribution is 6.03. The van der Waals surface area contributed by atoms with E-state index in [2.05, 4.69) is 5.32 Å². The van der Waals surface area contributed by atoms with Crippen molar-refractivity contribution in [3.8, 4) is 11.5 Å². The molecule has 26 heavy (non-hydrogen) atoms. The van der Waals surface area contributed by atoms with Gasteiger partial charge in [-0.05, 0) is 44.4 Å². The van der Waals surface area contributed by atoms with Crippen molar-refractivity contribution < 1.29 is 23.8 Å². The summed E-state index contributed by atoms with van der Waals surface area (Å²) in [5.41, 5.74) is 3.64. The number of fused-ring (bicyclic) bond motifs is 1. The van der Waals surface area contributed by atoms with Gasteiger partial charge in [-0.3, -0.25) is 4.79 Å². The fraction of sp³-hybridized carbons (Fsp3) is 0.400. The van der Waals surface area contributed by atoms with E-state index < -0.39 is 11.9 Å². The molecule has 3 aliphatic rings. The van der Waals surface area contributed by atoms with Crippen LogP contribution in [0.1, 0.15) is 44.6 Å². The van der Waals surface area contributed by atoms with Crippen molar-refractivity contribution in [1.82, 2.24) is 5.32 Å². The summed E-state index contributed by atoms with van der Waals surface area (Å²) in [5, 5.41) is 3.27. The molecule has 136 valence electrons. The first kappa shape index (κ1) is 16.7. The van der Waals surface area contributed by atoms with E-state index in [1.165, 1.54) is 0 Å². The predicted molar refractivity (Wildman–Crippen MR) is 93.7 cm³/mol. The van der Waals surface area contributed by atoms with Crippen LogP contribution in [0.25, 0.3) is 0 Å². The lowest BCUT2D eigenvalue weighted by Crippen LogP contribution is -2.34. The Kier molecular flexibility index (Phi) is 4.18. The minimum absolute atomic E-state index is 0.0794. The maximum Gasteiger partial charge on any atom is 0.336 e. The molecule has 6 heteroatoms. The summed E-state index contributed by atoms with van der Waals surface area (Å²) in [4.78, 5) is 25.4. The number of rotatable bonds is 3. The summed E-state index contributed by atoms with van der Waals surface area (Å²) in [6.07, 6.45) is 2.12. The van der Waals surface area contributed by atoms with Crippen molar-refractivity contribution in [2.24, 2.45) is 0 Å².